The summed E-state index contributed by atoms with van der Waals surface area (Å²) in [5.74, 6) is -5.41. The van der Waals surface area contributed by atoms with Crippen LogP contribution in [0.15, 0.2) is 125 Å². The molecule has 3 heterocycles. The molecule has 3 aromatic rings. The van der Waals surface area contributed by atoms with Crippen molar-refractivity contribution in [2.24, 2.45) is 23.5 Å². The number of aromatic nitrogens is 2. The fourth-order valence-electron chi connectivity index (χ4n) is 11.2. The number of urea groups is 1. The van der Waals surface area contributed by atoms with Crippen molar-refractivity contribution in [2.45, 2.75) is 179 Å². The molecule has 1 aliphatic heterocycles. The summed E-state index contributed by atoms with van der Waals surface area (Å²) < 4.78 is 7.28. The van der Waals surface area contributed by atoms with Crippen molar-refractivity contribution in [3.8, 4) is 11.8 Å². The highest BCUT2D eigenvalue weighted by molar-refractivity contribution is 8.03. The summed E-state index contributed by atoms with van der Waals surface area (Å²) in [7, 11) is 4.99. The standard InChI is InChI=1S/C71H100N12O13S2/c1-11-46(6)61(80-64(88)54-30-23-25-37-81(54)9)68(91)82(10)55(44(2)3)41-56(96-71(95)73-8)66-78-53(43-97-66)63(87)76-50(39-47(7)69(92)93)40-48-32-34-49(35-33-48)75-62(86)52(29-26-36-74-70(72)94)77-65(89)60(45(4)5)79-58(84)31-22-19-24-38-83-59(85)42-57(67(83)90)98-51-27-20-17-15-13-12-14-16-18-21-28-51/h12-18,20-21,27-28,32-35,42-44,46-47,50,52,54-56,60-61,85,90H,4,11,19,22-26,29-31,36-41H2,1-3,5-10H3,(H,73,95)(H,75,86)(H,76,87)(H,77,89)(H,79,84)(H,80,88)(H,92,93)(H3,72,74,94). The quantitative estimate of drug-likeness (QED) is 0.0191. The Morgan fingerprint density at radius 1 is 0.867 bits per heavy atom. The Morgan fingerprint density at radius 2 is 1.55 bits per heavy atom. The van der Waals surface area contributed by atoms with Gasteiger partial charge in [-0.25, -0.2) is 14.6 Å². The number of hydrogen-bond acceptors (Lipinski definition) is 16. The molecule has 25 nitrogen and oxygen atoms in total. The minimum Gasteiger partial charge on any atom is -0.494 e. The second kappa shape index (κ2) is 40.7. The number of nitrogens with two attached hydrogens (primary N) is 1. The molecule has 1 aliphatic carbocycles. The average molecular weight is 1390 g/mol. The lowest BCUT2D eigenvalue weighted by Crippen LogP contribution is -2.58. The molecule has 9 atom stereocenters. The van der Waals surface area contributed by atoms with E-state index in [1.54, 1.807) is 43.1 Å². The first-order valence-electron chi connectivity index (χ1n) is 33.4. The van der Waals surface area contributed by atoms with E-state index in [1.807, 2.05) is 106 Å². The summed E-state index contributed by atoms with van der Waals surface area (Å²) in [6.07, 6.45) is 24.3. The van der Waals surface area contributed by atoms with Crippen LogP contribution in [0.5, 0.6) is 11.8 Å². The SMILES string of the molecule is C=C(C)C(NC(=O)CCCCCn1c(O)cc(SC2=CC=CC=CC=CC=CC=C2)c1O)C(=O)NC(CCCNC(N)=O)C(=O)Nc1ccc(CC(CC(C)C(=O)O)NC(=O)c2csc(C(CC(C(C)C)N(C)C(=O)C(NC(=O)C3CCCCN3C)C(C)CC)OC(=O)NC)n2)cc1. The Hall–Kier alpha value is -8.95. The number of thioether (sulfide) groups is 1. The molecule has 98 heavy (non-hydrogen) atoms. The molecule has 9 unspecified atom stereocenters. The van der Waals surface area contributed by atoms with E-state index in [-0.39, 0.29) is 104 Å². The van der Waals surface area contributed by atoms with E-state index >= 15 is 0 Å². The lowest BCUT2D eigenvalue weighted by atomic mass is 9.92. The van der Waals surface area contributed by atoms with Crippen molar-refractivity contribution >= 4 is 82.3 Å². The number of nitrogens with zero attached hydrogens (tertiary/aromatic N) is 4. The van der Waals surface area contributed by atoms with Crippen molar-refractivity contribution in [1.29, 1.82) is 0 Å². The number of likely N-dealkylation sites (N-methyl/N-ethyl adjacent to an activating group) is 2. The number of primary amides is 1. The van der Waals surface area contributed by atoms with Crippen LogP contribution in [0.25, 0.3) is 0 Å². The minimum absolute atomic E-state index is 0.0162. The first-order chi connectivity index (χ1) is 46.7. The number of carbonyl (C=O) groups is 9. The Labute approximate surface area is 583 Å². The number of carboxylic acids is 1. The van der Waals surface area contributed by atoms with E-state index in [1.165, 1.54) is 41.7 Å². The molecule has 1 fully saturated rings. The molecule has 0 bridgehead atoms. The molecule has 5 rings (SSSR count). The number of allylic oxidation sites excluding steroid dienone is 11. The van der Waals surface area contributed by atoms with Gasteiger partial charge in [0.1, 0.15) is 28.8 Å². The molecular formula is C71H100N12O13S2. The zero-order valence-corrected chi connectivity index (χ0v) is 59.3. The molecule has 1 aromatic carbocycles. The fraction of sp³-hybridized carbons (Fsp3) is 0.493. The number of rotatable bonds is 36. The van der Waals surface area contributed by atoms with E-state index in [4.69, 9.17) is 10.5 Å². The van der Waals surface area contributed by atoms with Gasteiger partial charge >= 0.3 is 18.1 Å². The molecular weight excluding hydrogens is 1290 g/mol. The molecule has 1 saturated heterocycles. The van der Waals surface area contributed by atoms with Crippen molar-refractivity contribution in [2.75, 3.05) is 39.5 Å². The van der Waals surface area contributed by atoms with Crippen LogP contribution < -0.4 is 43.0 Å². The van der Waals surface area contributed by atoms with Crippen LogP contribution in [0, 0.1) is 17.8 Å². The number of likely N-dealkylation sites (tertiary alicyclic amines) is 1. The van der Waals surface area contributed by atoms with Crippen molar-refractivity contribution < 1.29 is 63.2 Å². The number of aliphatic carboxylic acids is 1. The highest BCUT2D eigenvalue weighted by Gasteiger charge is 2.38. The summed E-state index contributed by atoms with van der Waals surface area (Å²) in [5.41, 5.74) is 6.54. The third-order valence-electron chi connectivity index (χ3n) is 17.1. The predicted molar refractivity (Wildman–Crippen MR) is 381 cm³/mol. The largest absolute Gasteiger partial charge is 0.494 e. The number of piperidine rings is 1. The van der Waals surface area contributed by atoms with Gasteiger partial charge in [-0.2, -0.15) is 0 Å². The fourth-order valence-corrected chi connectivity index (χ4v) is 12.9. The number of benzene rings is 1. The molecule has 0 saturated carbocycles. The number of hydrogen-bond donors (Lipinski definition) is 11. The molecule has 2 aliphatic rings. The summed E-state index contributed by atoms with van der Waals surface area (Å²) >= 11 is 2.37. The molecule has 0 radical (unpaired) electrons. The normalized spacial score (nSPS) is 16.4. The van der Waals surface area contributed by atoms with Crippen molar-refractivity contribution in [3.05, 3.63) is 136 Å². The maximum atomic E-state index is 14.5. The summed E-state index contributed by atoms with van der Waals surface area (Å²) in [6, 6.07) is 2.49. The monoisotopic (exact) mass is 1390 g/mol. The first-order valence-corrected chi connectivity index (χ1v) is 35.1. The van der Waals surface area contributed by atoms with Gasteiger partial charge in [-0.15, -0.1) is 11.3 Å². The number of amides is 9. The molecule has 9 amide bonds. The number of aromatic hydroxyl groups is 2. The smallest absolute Gasteiger partial charge is 0.407 e. The summed E-state index contributed by atoms with van der Waals surface area (Å²) in [5, 5.41) is 52.8. The van der Waals surface area contributed by atoms with E-state index in [0.717, 1.165) is 35.6 Å². The number of carbonyl (C=O) groups excluding carboxylic acids is 8. The Kier molecular flexibility index (Phi) is 33.1. The lowest BCUT2D eigenvalue weighted by molar-refractivity contribution is -0.141. The maximum Gasteiger partial charge on any atom is 0.407 e. The van der Waals surface area contributed by atoms with Crippen molar-refractivity contribution in [3.63, 3.8) is 0 Å². The van der Waals surface area contributed by atoms with E-state index in [0.29, 0.717) is 53.8 Å². The zero-order chi connectivity index (χ0) is 72.0. The number of ether oxygens (including phenoxy) is 1. The van der Waals surface area contributed by atoms with Gasteiger partial charge in [0.15, 0.2) is 12.0 Å². The van der Waals surface area contributed by atoms with Crippen LogP contribution in [0.4, 0.5) is 15.3 Å². The van der Waals surface area contributed by atoms with Gasteiger partial charge in [-0.1, -0.05) is 139 Å². The first kappa shape index (κ1) is 79.7. The van der Waals surface area contributed by atoms with Crippen molar-refractivity contribution in [1.82, 2.24) is 51.3 Å². The third kappa shape index (κ3) is 25.8. The van der Waals surface area contributed by atoms with Crippen LogP contribution in [-0.4, -0.2) is 159 Å². The number of alkyl carbamates (subject to hydrolysis) is 1. The number of unbranched alkanes of at least 4 members (excludes halogenated alkanes) is 2. The molecule has 2 aromatic heterocycles. The van der Waals surface area contributed by atoms with E-state index < -0.39 is 84.0 Å². The highest BCUT2D eigenvalue weighted by atomic mass is 32.2. The highest BCUT2D eigenvalue weighted by Crippen LogP contribution is 2.40. The Balaban J connectivity index is 1.21. The van der Waals surface area contributed by atoms with Gasteiger partial charge in [0, 0.05) is 74.1 Å². The lowest BCUT2D eigenvalue weighted by Gasteiger charge is -2.38. The van der Waals surface area contributed by atoms with Gasteiger partial charge < -0.3 is 67.9 Å². The second-order valence-electron chi connectivity index (χ2n) is 25.2. The van der Waals surface area contributed by atoms with Gasteiger partial charge in [0.2, 0.25) is 35.4 Å². The number of thiazole rings is 1. The number of carboxylic acid groups (broad SMARTS) is 1. The molecule has 12 N–H and O–H groups in total. The average Bonchev–Trinajstić information content (AvgIpc) is 1.41. The van der Waals surface area contributed by atoms with Gasteiger partial charge in [-0.05, 0) is 119 Å². The summed E-state index contributed by atoms with van der Waals surface area (Å²) in [4.78, 5) is 130. The molecule has 534 valence electrons. The van der Waals surface area contributed by atoms with Crippen LogP contribution >= 0.6 is 23.1 Å². The number of anilines is 1. The Morgan fingerprint density at radius 3 is 2.18 bits per heavy atom. The third-order valence-corrected chi connectivity index (χ3v) is 19.1. The summed E-state index contributed by atoms with van der Waals surface area (Å²) in [6.45, 7) is 15.9. The topological polar surface area (TPSA) is 358 Å². The van der Waals surface area contributed by atoms with Gasteiger partial charge in [0.05, 0.1) is 16.9 Å². The van der Waals surface area contributed by atoms with Gasteiger partial charge in [-0.3, -0.25) is 43.0 Å². The molecule has 27 heteroatoms. The molecule has 0 spiro atoms. The number of nitrogens with one attached hydrogen (secondary N) is 7. The second-order valence-corrected chi connectivity index (χ2v) is 27.2. The van der Waals surface area contributed by atoms with Crippen LogP contribution in [0.3, 0.4) is 0 Å². The van der Waals surface area contributed by atoms with Crippen LogP contribution in [0.1, 0.15) is 146 Å². The van der Waals surface area contributed by atoms with Crippen LogP contribution in [-0.2, 0) is 46.5 Å². The Bertz CT molecular complexity index is 3410. The van der Waals surface area contributed by atoms with Crippen LogP contribution in [0.2, 0.25) is 0 Å². The van der Waals surface area contributed by atoms with E-state index in [2.05, 4.69) is 48.8 Å². The maximum absolute atomic E-state index is 14.5. The van der Waals surface area contributed by atoms with Gasteiger partial charge in [0.25, 0.3) is 5.91 Å². The minimum atomic E-state index is -1.22. The zero-order valence-electron chi connectivity index (χ0n) is 57.7. The predicted octanol–water partition coefficient (Wildman–Crippen LogP) is 9.06. The van der Waals surface area contributed by atoms with E-state index in [9.17, 15) is 58.5 Å².